The van der Waals surface area contributed by atoms with Crippen LogP contribution in [-0.4, -0.2) is 52.1 Å². The normalized spacial score (nSPS) is 13.6. The lowest BCUT2D eigenvalue weighted by Gasteiger charge is -2.29. The van der Waals surface area contributed by atoms with Gasteiger partial charge in [0.05, 0.1) is 6.61 Å². The van der Waals surface area contributed by atoms with Gasteiger partial charge in [-0.3, -0.25) is 4.79 Å². The SMILES string of the molecule is CC(C)(C)c1ccc(C(=O)Nc2cccc(-c3nc(N)nc(Nc4ccc(N5CCNCC5)cc4)n3)c2CO)cc1. The molecule has 1 amide bonds. The number of nitrogens with one attached hydrogen (secondary N) is 3. The summed E-state index contributed by atoms with van der Waals surface area (Å²) in [5.74, 6) is 0.318. The number of benzene rings is 3. The number of hydrogen-bond donors (Lipinski definition) is 5. The van der Waals surface area contributed by atoms with E-state index in [0.717, 1.165) is 43.1 Å². The molecule has 0 spiro atoms. The number of carbonyl (C=O) groups excluding carboxylic acids is 1. The van der Waals surface area contributed by atoms with Crippen LogP contribution in [-0.2, 0) is 12.0 Å². The summed E-state index contributed by atoms with van der Waals surface area (Å²) < 4.78 is 0. The summed E-state index contributed by atoms with van der Waals surface area (Å²) in [5, 5.41) is 19.8. The number of aliphatic hydroxyl groups is 1. The van der Waals surface area contributed by atoms with Crippen molar-refractivity contribution in [2.75, 3.05) is 47.4 Å². The van der Waals surface area contributed by atoms with Crippen molar-refractivity contribution < 1.29 is 9.90 Å². The second kappa shape index (κ2) is 11.9. The Morgan fingerprint density at radius 3 is 2.34 bits per heavy atom. The Bertz CT molecular complexity index is 1510. The molecule has 10 nitrogen and oxygen atoms in total. The average Bonchev–Trinajstić information content (AvgIpc) is 2.97. The predicted molar refractivity (Wildman–Crippen MR) is 164 cm³/mol. The van der Waals surface area contributed by atoms with Gasteiger partial charge in [0.15, 0.2) is 5.82 Å². The minimum Gasteiger partial charge on any atom is -0.392 e. The van der Waals surface area contributed by atoms with Gasteiger partial charge in [0, 0.05) is 59.9 Å². The molecular weight excluding hydrogens is 516 g/mol. The van der Waals surface area contributed by atoms with Gasteiger partial charge in [0.2, 0.25) is 11.9 Å². The molecule has 0 bridgehead atoms. The standard InChI is InChI=1S/C31H36N8O2/c1-31(2,3)21-9-7-20(8-10-21)28(41)35-26-6-4-5-24(25(26)19-40)27-36-29(32)38-30(37-27)34-22-11-13-23(14-12-22)39-17-15-33-16-18-39/h4-14,33,40H,15-19H2,1-3H3,(H,35,41)(H3,32,34,36,37,38). The summed E-state index contributed by atoms with van der Waals surface area (Å²) in [4.78, 5) is 28.5. The minimum absolute atomic E-state index is 0.0120. The highest BCUT2D eigenvalue weighted by Crippen LogP contribution is 2.30. The number of carbonyl (C=O) groups is 1. The number of aliphatic hydroxyl groups excluding tert-OH is 1. The molecule has 0 unspecified atom stereocenters. The number of rotatable bonds is 7. The zero-order chi connectivity index (χ0) is 29.0. The van der Waals surface area contributed by atoms with Crippen LogP contribution in [0.3, 0.4) is 0 Å². The Morgan fingerprint density at radius 2 is 1.68 bits per heavy atom. The predicted octanol–water partition coefficient (Wildman–Crippen LogP) is 4.32. The van der Waals surface area contributed by atoms with Gasteiger partial charge >= 0.3 is 0 Å². The molecule has 1 aliphatic heterocycles. The van der Waals surface area contributed by atoms with Crippen LogP contribution in [0.25, 0.3) is 11.4 Å². The molecule has 1 fully saturated rings. The first-order valence-electron chi connectivity index (χ1n) is 13.7. The molecule has 1 saturated heterocycles. The van der Waals surface area contributed by atoms with Gasteiger partial charge in [0.1, 0.15) is 0 Å². The number of nitrogens with two attached hydrogens (primary N) is 1. The third-order valence-electron chi connectivity index (χ3n) is 7.09. The van der Waals surface area contributed by atoms with Crippen LogP contribution < -0.4 is 26.6 Å². The van der Waals surface area contributed by atoms with Gasteiger partial charge in [-0.1, -0.05) is 45.0 Å². The topological polar surface area (TPSA) is 141 Å². The number of anilines is 5. The van der Waals surface area contributed by atoms with E-state index >= 15 is 0 Å². The molecule has 5 rings (SSSR count). The van der Waals surface area contributed by atoms with Crippen LogP contribution >= 0.6 is 0 Å². The van der Waals surface area contributed by atoms with Crippen LogP contribution in [0.1, 0.15) is 42.3 Å². The lowest BCUT2D eigenvalue weighted by molar-refractivity contribution is 0.102. The minimum atomic E-state index is -0.337. The molecule has 0 saturated carbocycles. The van der Waals surface area contributed by atoms with Gasteiger partial charge in [-0.05, 0) is 53.4 Å². The Morgan fingerprint density at radius 1 is 0.976 bits per heavy atom. The first kappa shape index (κ1) is 28.0. The summed E-state index contributed by atoms with van der Waals surface area (Å²) >= 11 is 0. The Kier molecular flexibility index (Phi) is 8.14. The zero-order valence-electron chi connectivity index (χ0n) is 23.6. The Balaban J connectivity index is 1.36. The Hall–Kier alpha value is -4.54. The maximum absolute atomic E-state index is 13.1. The molecular formula is C31H36N8O2. The van der Waals surface area contributed by atoms with Crippen molar-refractivity contribution >= 4 is 34.9 Å². The monoisotopic (exact) mass is 552 g/mol. The fraction of sp³-hybridized carbons (Fsp3) is 0.290. The molecule has 4 aromatic rings. The van der Waals surface area contributed by atoms with E-state index in [9.17, 15) is 9.90 Å². The van der Waals surface area contributed by atoms with Crippen LogP contribution in [0, 0.1) is 0 Å². The van der Waals surface area contributed by atoms with Crippen LogP contribution in [0.15, 0.2) is 66.7 Å². The van der Waals surface area contributed by atoms with Crippen molar-refractivity contribution in [3.63, 3.8) is 0 Å². The molecule has 0 aliphatic carbocycles. The third kappa shape index (κ3) is 6.62. The lowest BCUT2D eigenvalue weighted by atomic mass is 9.86. The average molecular weight is 553 g/mol. The van der Waals surface area contributed by atoms with Crippen molar-refractivity contribution in [3.05, 3.63) is 83.4 Å². The van der Waals surface area contributed by atoms with Crippen molar-refractivity contribution in [3.8, 4) is 11.4 Å². The molecule has 0 atom stereocenters. The molecule has 0 radical (unpaired) electrons. The van der Waals surface area contributed by atoms with E-state index < -0.39 is 0 Å². The number of aromatic nitrogens is 3. The maximum atomic E-state index is 13.1. The van der Waals surface area contributed by atoms with E-state index in [1.807, 2.05) is 24.3 Å². The zero-order valence-corrected chi connectivity index (χ0v) is 23.6. The van der Waals surface area contributed by atoms with Crippen molar-refractivity contribution in [2.24, 2.45) is 0 Å². The molecule has 2 heterocycles. The van der Waals surface area contributed by atoms with E-state index in [1.165, 1.54) is 0 Å². The summed E-state index contributed by atoms with van der Waals surface area (Å²) in [5.41, 5.74) is 11.1. The smallest absolute Gasteiger partial charge is 0.255 e. The number of hydrogen-bond acceptors (Lipinski definition) is 9. The summed E-state index contributed by atoms with van der Waals surface area (Å²) in [6.45, 7) is 9.92. The largest absolute Gasteiger partial charge is 0.392 e. The second-order valence-electron chi connectivity index (χ2n) is 11.0. The summed E-state index contributed by atoms with van der Waals surface area (Å²) in [6.07, 6.45) is 0. The first-order valence-corrected chi connectivity index (χ1v) is 13.7. The van der Waals surface area contributed by atoms with E-state index in [4.69, 9.17) is 5.73 Å². The quantitative estimate of drug-likeness (QED) is 0.227. The molecule has 1 aromatic heterocycles. The third-order valence-corrected chi connectivity index (χ3v) is 7.09. The van der Waals surface area contributed by atoms with Gasteiger partial charge in [-0.2, -0.15) is 15.0 Å². The fourth-order valence-corrected chi connectivity index (χ4v) is 4.78. The van der Waals surface area contributed by atoms with Gasteiger partial charge in [-0.25, -0.2) is 0 Å². The summed E-state index contributed by atoms with van der Waals surface area (Å²) in [7, 11) is 0. The van der Waals surface area contributed by atoms with E-state index in [-0.39, 0.29) is 35.7 Å². The molecule has 3 aromatic carbocycles. The molecule has 10 heteroatoms. The van der Waals surface area contributed by atoms with Crippen molar-refractivity contribution in [2.45, 2.75) is 32.8 Å². The van der Waals surface area contributed by atoms with Gasteiger partial charge < -0.3 is 31.7 Å². The fourth-order valence-electron chi connectivity index (χ4n) is 4.78. The van der Waals surface area contributed by atoms with E-state index in [2.05, 4.69) is 68.7 Å². The number of nitrogen functional groups attached to an aromatic ring is 1. The van der Waals surface area contributed by atoms with Crippen molar-refractivity contribution in [1.29, 1.82) is 0 Å². The molecule has 212 valence electrons. The highest BCUT2D eigenvalue weighted by Gasteiger charge is 2.18. The Labute approximate surface area is 240 Å². The highest BCUT2D eigenvalue weighted by atomic mass is 16.3. The van der Waals surface area contributed by atoms with Gasteiger partial charge in [0.25, 0.3) is 5.91 Å². The first-order chi connectivity index (χ1) is 19.7. The molecule has 1 aliphatic rings. The number of amides is 1. The number of piperazine rings is 1. The van der Waals surface area contributed by atoms with Crippen LogP contribution in [0.5, 0.6) is 0 Å². The van der Waals surface area contributed by atoms with Crippen LogP contribution in [0.4, 0.5) is 29.0 Å². The van der Waals surface area contributed by atoms with Gasteiger partial charge in [-0.15, -0.1) is 0 Å². The number of nitrogens with zero attached hydrogens (tertiary/aromatic N) is 4. The summed E-state index contributed by atoms with van der Waals surface area (Å²) in [6, 6.07) is 20.9. The van der Waals surface area contributed by atoms with E-state index in [0.29, 0.717) is 22.4 Å². The second-order valence-corrected chi connectivity index (χ2v) is 11.0. The van der Waals surface area contributed by atoms with Crippen LogP contribution in [0.2, 0.25) is 0 Å². The lowest BCUT2D eigenvalue weighted by Crippen LogP contribution is -2.43. The molecule has 41 heavy (non-hydrogen) atoms. The molecule has 6 N–H and O–H groups in total. The highest BCUT2D eigenvalue weighted by molar-refractivity contribution is 6.05. The van der Waals surface area contributed by atoms with E-state index in [1.54, 1.807) is 30.3 Å². The van der Waals surface area contributed by atoms with Crippen molar-refractivity contribution in [1.82, 2.24) is 20.3 Å². The maximum Gasteiger partial charge on any atom is 0.255 e.